The number of hydrogen-bond acceptors (Lipinski definition) is 2. The number of nitrogens with one attached hydrogen (secondary N) is 1. The van der Waals surface area contributed by atoms with Crippen LogP contribution in [0.5, 0.6) is 0 Å². The fraction of sp³-hybridized carbons (Fsp3) is 0.316. The summed E-state index contributed by atoms with van der Waals surface area (Å²) >= 11 is 5.51. The summed E-state index contributed by atoms with van der Waals surface area (Å²) in [5.74, 6) is -0.448. The summed E-state index contributed by atoms with van der Waals surface area (Å²) in [5.41, 5.74) is 7.69. The van der Waals surface area contributed by atoms with Crippen LogP contribution in [-0.4, -0.2) is 11.4 Å². The first-order chi connectivity index (χ1) is 11.1. The second kappa shape index (κ2) is 8.81. The zero-order valence-corrected chi connectivity index (χ0v) is 15.2. The van der Waals surface area contributed by atoms with E-state index in [2.05, 4.69) is 12.2 Å². The molecule has 2 rings (SSSR count). The van der Waals surface area contributed by atoms with Gasteiger partial charge in [-0.15, -0.1) is 0 Å². The second-order valence-electron chi connectivity index (χ2n) is 6.18. The number of carbonyl (C=O) groups excluding carboxylic acids is 1. The third-order valence-corrected chi connectivity index (χ3v) is 3.40. The van der Waals surface area contributed by atoms with Crippen molar-refractivity contribution in [2.45, 2.75) is 39.7 Å². The van der Waals surface area contributed by atoms with Crippen molar-refractivity contribution in [2.75, 3.05) is 5.32 Å². The van der Waals surface area contributed by atoms with Gasteiger partial charge in [0.15, 0.2) is 0 Å². The molecule has 24 heavy (non-hydrogen) atoms. The second-order valence-corrected chi connectivity index (χ2v) is 6.61. The number of aryl methyl sites for hydroxylation is 2. The molecule has 0 aromatic heterocycles. The zero-order chi connectivity index (χ0) is 18.3. The molecule has 0 unspecified atom stereocenters. The van der Waals surface area contributed by atoms with Crippen LogP contribution in [0.1, 0.15) is 31.9 Å². The third kappa shape index (κ3) is 7.11. The first-order valence-corrected chi connectivity index (χ1v) is 8.11. The lowest BCUT2D eigenvalue weighted by atomic mass is 10.1. The molecule has 0 aliphatic carbocycles. The Bertz CT molecular complexity index is 646. The van der Waals surface area contributed by atoms with E-state index in [1.807, 2.05) is 24.3 Å². The number of amides is 1. The highest BCUT2D eigenvalue weighted by molar-refractivity contribution is 6.30. The Kier molecular flexibility index (Phi) is 7.39. The van der Waals surface area contributed by atoms with E-state index in [0.29, 0.717) is 5.02 Å². The van der Waals surface area contributed by atoms with Crippen LogP contribution in [0.3, 0.4) is 0 Å². The fourth-order valence-corrected chi connectivity index (χ4v) is 2.13. The number of benzene rings is 2. The summed E-state index contributed by atoms with van der Waals surface area (Å²) in [6, 6.07) is 12.2. The predicted molar refractivity (Wildman–Crippen MR) is 98.9 cm³/mol. The number of hydrogen-bond donors (Lipinski definition) is 2. The van der Waals surface area contributed by atoms with Crippen LogP contribution in [0.15, 0.2) is 42.5 Å². The average Bonchev–Trinajstić information content (AvgIpc) is 2.45. The first-order valence-electron chi connectivity index (χ1n) is 7.73. The number of carbonyl (C=O) groups is 1. The lowest BCUT2D eigenvalue weighted by Crippen LogP contribution is -2.45. The monoisotopic (exact) mass is 350 g/mol. The van der Waals surface area contributed by atoms with Gasteiger partial charge in [0.2, 0.25) is 5.91 Å². The normalized spacial score (nSPS) is 10.6. The Labute approximate surface area is 148 Å². The van der Waals surface area contributed by atoms with Gasteiger partial charge < -0.3 is 11.1 Å². The molecule has 0 fully saturated rings. The minimum Gasteiger partial charge on any atom is -0.325 e. The minimum absolute atomic E-state index is 0.171. The van der Waals surface area contributed by atoms with Gasteiger partial charge in [-0.1, -0.05) is 30.7 Å². The van der Waals surface area contributed by atoms with Crippen molar-refractivity contribution in [3.63, 3.8) is 0 Å². The highest BCUT2D eigenvalue weighted by Gasteiger charge is 2.21. The van der Waals surface area contributed by atoms with Crippen LogP contribution in [0.25, 0.3) is 0 Å². The molecule has 2 aromatic carbocycles. The lowest BCUT2D eigenvalue weighted by Gasteiger charge is -2.18. The Morgan fingerprint density at radius 3 is 2.42 bits per heavy atom. The first kappa shape index (κ1) is 20.1. The maximum atomic E-state index is 12.3. The summed E-state index contributed by atoms with van der Waals surface area (Å²) < 4.78 is 12.3. The molecule has 130 valence electrons. The Morgan fingerprint density at radius 2 is 1.92 bits per heavy atom. The van der Waals surface area contributed by atoms with Crippen molar-refractivity contribution in [2.24, 2.45) is 5.73 Å². The van der Waals surface area contributed by atoms with Gasteiger partial charge in [0.05, 0.1) is 5.54 Å². The molecular weight excluding hydrogens is 327 g/mol. The molecule has 0 aliphatic heterocycles. The van der Waals surface area contributed by atoms with E-state index in [4.69, 9.17) is 17.3 Å². The molecule has 0 aliphatic rings. The molecule has 0 radical (unpaired) electrons. The van der Waals surface area contributed by atoms with Gasteiger partial charge in [0, 0.05) is 10.7 Å². The summed E-state index contributed by atoms with van der Waals surface area (Å²) in [4.78, 5) is 11.6. The lowest BCUT2D eigenvalue weighted by molar-refractivity contribution is -0.120. The summed E-state index contributed by atoms with van der Waals surface area (Å²) in [6.45, 7) is 7.25. The van der Waals surface area contributed by atoms with Gasteiger partial charge in [-0.25, -0.2) is 4.39 Å². The molecule has 0 saturated carbocycles. The van der Waals surface area contributed by atoms with E-state index in [1.54, 1.807) is 26.8 Å². The number of anilines is 1. The highest BCUT2D eigenvalue weighted by atomic mass is 35.5. The maximum absolute atomic E-state index is 12.3. The van der Waals surface area contributed by atoms with Crippen molar-refractivity contribution in [3.8, 4) is 0 Å². The van der Waals surface area contributed by atoms with E-state index >= 15 is 0 Å². The largest absolute Gasteiger partial charge is 0.325 e. The molecule has 3 nitrogen and oxygen atoms in total. The molecular formula is C19H24ClFN2O. The topological polar surface area (TPSA) is 55.1 Å². The molecule has 0 spiro atoms. The molecule has 0 bridgehead atoms. The zero-order valence-electron chi connectivity index (χ0n) is 14.5. The van der Waals surface area contributed by atoms with Crippen molar-refractivity contribution >= 4 is 23.2 Å². The molecule has 0 atom stereocenters. The van der Waals surface area contributed by atoms with Crippen molar-refractivity contribution in [3.05, 3.63) is 64.4 Å². The van der Waals surface area contributed by atoms with Gasteiger partial charge in [-0.05, 0) is 68.7 Å². The van der Waals surface area contributed by atoms with Crippen molar-refractivity contribution in [1.82, 2.24) is 0 Å². The summed E-state index contributed by atoms with van der Waals surface area (Å²) in [7, 11) is 0. The molecule has 5 heteroatoms. The smallest absolute Gasteiger partial charge is 0.243 e. The van der Waals surface area contributed by atoms with Crippen LogP contribution >= 0.6 is 11.6 Å². The highest BCUT2D eigenvalue weighted by Crippen LogP contribution is 2.13. The van der Waals surface area contributed by atoms with Crippen LogP contribution < -0.4 is 11.1 Å². The molecule has 3 N–H and O–H groups in total. The summed E-state index contributed by atoms with van der Waals surface area (Å²) in [6.07, 6.45) is 0.954. The van der Waals surface area contributed by atoms with E-state index in [1.165, 1.54) is 17.7 Å². The quantitative estimate of drug-likeness (QED) is 0.842. The van der Waals surface area contributed by atoms with Gasteiger partial charge >= 0.3 is 0 Å². The van der Waals surface area contributed by atoms with Gasteiger partial charge in [0.1, 0.15) is 5.82 Å². The molecule has 1 amide bonds. The third-order valence-electron chi connectivity index (χ3n) is 3.19. The molecule has 0 heterocycles. The maximum Gasteiger partial charge on any atom is 0.243 e. The van der Waals surface area contributed by atoms with Crippen LogP contribution in [-0.2, 0) is 11.2 Å². The molecule has 2 aromatic rings. The Balaban J connectivity index is 0.000000272. The van der Waals surface area contributed by atoms with Crippen molar-refractivity contribution in [1.29, 1.82) is 0 Å². The Morgan fingerprint density at radius 1 is 1.25 bits per heavy atom. The van der Waals surface area contributed by atoms with E-state index in [9.17, 15) is 9.18 Å². The number of rotatable bonds is 3. The van der Waals surface area contributed by atoms with E-state index in [-0.39, 0.29) is 11.7 Å². The van der Waals surface area contributed by atoms with Gasteiger partial charge in [-0.2, -0.15) is 0 Å². The predicted octanol–water partition coefficient (Wildman–Crippen LogP) is 4.71. The SMILES string of the molecule is CCc1cccc(NC(=O)C(C)(C)N)c1.Cc1cc(F)cc(Cl)c1. The fourth-order valence-electron chi connectivity index (χ4n) is 1.85. The van der Waals surface area contributed by atoms with E-state index in [0.717, 1.165) is 17.7 Å². The summed E-state index contributed by atoms with van der Waals surface area (Å²) in [5, 5.41) is 3.24. The standard InChI is InChI=1S/C12H18N2O.C7H6ClF/c1-4-9-6-5-7-10(8-9)14-11(15)12(2,3)13;1-5-2-6(8)4-7(9)3-5/h5-8H,4,13H2,1-3H3,(H,14,15);2-4H,1H3. The number of halogens is 2. The van der Waals surface area contributed by atoms with Crippen molar-refractivity contribution < 1.29 is 9.18 Å². The van der Waals surface area contributed by atoms with E-state index < -0.39 is 5.54 Å². The number of nitrogens with two attached hydrogens (primary N) is 1. The Hall–Kier alpha value is -1.91. The van der Waals surface area contributed by atoms with Crippen LogP contribution in [0.2, 0.25) is 5.02 Å². The van der Waals surface area contributed by atoms with Crippen LogP contribution in [0, 0.1) is 12.7 Å². The molecule has 0 saturated heterocycles. The van der Waals surface area contributed by atoms with Gasteiger partial charge in [-0.3, -0.25) is 4.79 Å². The van der Waals surface area contributed by atoms with Crippen LogP contribution in [0.4, 0.5) is 10.1 Å². The minimum atomic E-state index is -0.845. The average molecular weight is 351 g/mol. The van der Waals surface area contributed by atoms with Gasteiger partial charge in [0.25, 0.3) is 0 Å².